The maximum absolute atomic E-state index is 13.3. The minimum Gasteiger partial charge on any atom is -0.496 e. The second-order valence-corrected chi connectivity index (χ2v) is 10.4. The SMILES string of the molecule is COc1ccc(S(=O)(=O)Nc2ccccc2C(=O)NC[C@@H]2CCCO2)cc1C(=O)N1CCCCC1. The molecule has 2 aliphatic heterocycles. The highest BCUT2D eigenvalue weighted by molar-refractivity contribution is 7.92. The zero-order chi connectivity index (χ0) is 24.8. The number of para-hydroxylation sites is 1. The summed E-state index contributed by atoms with van der Waals surface area (Å²) in [5.41, 5.74) is 0.545. The molecule has 10 heteroatoms. The van der Waals surface area contributed by atoms with Gasteiger partial charge in [0.05, 0.1) is 34.9 Å². The molecule has 4 rings (SSSR count). The topological polar surface area (TPSA) is 114 Å². The van der Waals surface area contributed by atoms with Crippen molar-refractivity contribution < 1.29 is 27.5 Å². The summed E-state index contributed by atoms with van der Waals surface area (Å²) in [6.07, 6.45) is 4.71. The third kappa shape index (κ3) is 5.94. The first-order valence-corrected chi connectivity index (χ1v) is 13.4. The van der Waals surface area contributed by atoms with Crippen LogP contribution in [-0.4, -0.2) is 64.6 Å². The monoisotopic (exact) mass is 501 g/mol. The molecular weight excluding hydrogens is 470 g/mol. The Bertz CT molecular complexity index is 1170. The van der Waals surface area contributed by atoms with E-state index in [0.717, 1.165) is 32.1 Å². The Morgan fingerprint density at radius 2 is 1.83 bits per heavy atom. The fourth-order valence-corrected chi connectivity index (χ4v) is 5.48. The van der Waals surface area contributed by atoms with E-state index in [9.17, 15) is 18.0 Å². The van der Waals surface area contributed by atoms with Crippen molar-refractivity contribution in [1.29, 1.82) is 0 Å². The summed E-state index contributed by atoms with van der Waals surface area (Å²) in [6, 6.07) is 10.6. The van der Waals surface area contributed by atoms with E-state index in [0.29, 0.717) is 32.0 Å². The third-order valence-electron chi connectivity index (χ3n) is 6.29. The van der Waals surface area contributed by atoms with Gasteiger partial charge in [-0.25, -0.2) is 8.42 Å². The van der Waals surface area contributed by atoms with Crippen LogP contribution in [0.2, 0.25) is 0 Å². The van der Waals surface area contributed by atoms with E-state index in [1.54, 1.807) is 23.1 Å². The number of nitrogens with zero attached hydrogens (tertiary/aromatic N) is 1. The van der Waals surface area contributed by atoms with Crippen LogP contribution in [0.25, 0.3) is 0 Å². The highest BCUT2D eigenvalue weighted by Gasteiger charge is 2.26. The first-order valence-electron chi connectivity index (χ1n) is 11.9. The van der Waals surface area contributed by atoms with Gasteiger partial charge in [-0.1, -0.05) is 12.1 Å². The number of amides is 2. The summed E-state index contributed by atoms with van der Waals surface area (Å²) < 4.78 is 39.9. The van der Waals surface area contributed by atoms with Gasteiger partial charge in [0.25, 0.3) is 21.8 Å². The molecule has 0 unspecified atom stereocenters. The predicted octanol–water partition coefficient (Wildman–Crippen LogP) is 3.03. The van der Waals surface area contributed by atoms with Crippen LogP contribution in [0, 0.1) is 0 Å². The van der Waals surface area contributed by atoms with Gasteiger partial charge in [0, 0.05) is 26.2 Å². The van der Waals surface area contributed by atoms with E-state index in [1.165, 1.54) is 31.4 Å². The standard InChI is InChI=1S/C25H31N3O6S/c1-33-23-12-11-19(16-21(23)25(30)28-13-5-2-6-14-28)35(31,32)27-22-10-4-3-9-20(22)24(29)26-17-18-8-7-15-34-18/h3-4,9-12,16,18,27H,2,5-8,13-15,17H2,1H3,(H,26,29)/t18-/m0/s1. The summed E-state index contributed by atoms with van der Waals surface area (Å²) in [4.78, 5) is 27.5. The highest BCUT2D eigenvalue weighted by Crippen LogP contribution is 2.27. The number of sulfonamides is 1. The van der Waals surface area contributed by atoms with E-state index >= 15 is 0 Å². The van der Waals surface area contributed by atoms with Gasteiger partial charge in [-0.2, -0.15) is 0 Å². The number of carbonyl (C=O) groups is 2. The lowest BCUT2D eigenvalue weighted by molar-refractivity contribution is 0.0720. The van der Waals surface area contributed by atoms with E-state index < -0.39 is 15.9 Å². The fraction of sp³-hybridized carbons (Fsp3) is 0.440. The van der Waals surface area contributed by atoms with Gasteiger partial charge in [-0.05, 0) is 62.4 Å². The summed E-state index contributed by atoms with van der Waals surface area (Å²) in [5.74, 6) is -0.338. The zero-order valence-corrected chi connectivity index (χ0v) is 20.6. The second kappa shape index (κ2) is 11.1. The van der Waals surface area contributed by atoms with Crippen molar-refractivity contribution in [2.24, 2.45) is 0 Å². The lowest BCUT2D eigenvalue weighted by Crippen LogP contribution is -2.36. The smallest absolute Gasteiger partial charge is 0.261 e. The van der Waals surface area contributed by atoms with E-state index in [1.807, 2.05) is 0 Å². The molecule has 2 aliphatic rings. The van der Waals surface area contributed by atoms with E-state index in [2.05, 4.69) is 10.0 Å². The molecule has 2 aromatic carbocycles. The van der Waals surface area contributed by atoms with Gasteiger partial charge in [0.15, 0.2) is 0 Å². The molecule has 2 aromatic rings. The number of hydrogen-bond acceptors (Lipinski definition) is 6. The molecule has 1 atom stereocenters. The normalized spacial score (nSPS) is 18.2. The summed E-state index contributed by atoms with van der Waals surface area (Å²) in [6.45, 7) is 2.30. The summed E-state index contributed by atoms with van der Waals surface area (Å²) in [7, 11) is -2.65. The number of piperidine rings is 1. The van der Waals surface area contributed by atoms with Crippen LogP contribution in [0.4, 0.5) is 5.69 Å². The molecular formula is C25H31N3O6S. The van der Waals surface area contributed by atoms with Gasteiger partial charge < -0.3 is 19.7 Å². The van der Waals surface area contributed by atoms with Gasteiger partial charge in [-0.15, -0.1) is 0 Å². The minimum atomic E-state index is -4.09. The Labute approximate surface area is 205 Å². The van der Waals surface area contributed by atoms with Gasteiger partial charge in [0.1, 0.15) is 5.75 Å². The summed E-state index contributed by atoms with van der Waals surface area (Å²) in [5, 5.41) is 2.82. The first kappa shape index (κ1) is 25.0. The van der Waals surface area contributed by atoms with Crippen molar-refractivity contribution in [1.82, 2.24) is 10.2 Å². The quantitative estimate of drug-likeness (QED) is 0.575. The molecule has 0 radical (unpaired) electrons. The number of hydrogen-bond donors (Lipinski definition) is 2. The fourth-order valence-electron chi connectivity index (χ4n) is 4.37. The van der Waals surface area contributed by atoms with Gasteiger partial charge in [-0.3, -0.25) is 14.3 Å². The Kier molecular flexibility index (Phi) is 7.92. The zero-order valence-electron chi connectivity index (χ0n) is 19.8. The van der Waals surface area contributed by atoms with Crippen LogP contribution in [0.1, 0.15) is 52.8 Å². The number of ether oxygens (including phenoxy) is 2. The van der Waals surface area contributed by atoms with Crippen LogP contribution < -0.4 is 14.8 Å². The van der Waals surface area contributed by atoms with Crippen molar-refractivity contribution >= 4 is 27.5 Å². The molecule has 0 bridgehead atoms. The average Bonchev–Trinajstić information content (AvgIpc) is 3.41. The van der Waals surface area contributed by atoms with Crippen molar-refractivity contribution in [3.05, 3.63) is 53.6 Å². The number of benzene rings is 2. The number of carbonyl (C=O) groups excluding carboxylic acids is 2. The second-order valence-electron chi connectivity index (χ2n) is 8.71. The first-order chi connectivity index (χ1) is 16.9. The number of methoxy groups -OCH3 is 1. The third-order valence-corrected chi connectivity index (χ3v) is 7.65. The van der Waals surface area contributed by atoms with Crippen LogP contribution in [-0.2, 0) is 14.8 Å². The largest absolute Gasteiger partial charge is 0.496 e. The van der Waals surface area contributed by atoms with Crippen molar-refractivity contribution in [3.63, 3.8) is 0 Å². The number of rotatable bonds is 8. The van der Waals surface area contributed by atoms with Crippen molar-refractivity contribution in [2.45, 2.75) is 43.1 Å². The molecule has 0 aliphatic carbocycles. The predicted molar refractivity (Wildman–Crippen MR) is 131 cm³/mol. The molecule has 35 heavy (non-hydrogen) atoms. The van der Waals surface area contributed by atoms with Gasteiger partial charge in [0.2, 0.25) is 0 Å². The van der Waals surface area contributed by atoms with Crippen molar-refractivity contribution in [2.75, 3.05) is 38.1 Å². The number of likely N-dealkylation sites (tertiary alicyclic amines) is 1. The Hall–Kier alpha value is -3.11. The number of anilines is 1. The lowest BCUT2D eigenvalue weighted by atomic mass is 10.1. The Morgan fingerprint density at radius 1 is 1.06 bits per heavy atom. The van der Waals surface area contributed by atoms with E-state index in [-0.39, 0.29) is 33.7 Å². The molecule has 2 amide bonds. The van der Waals surface area contributed by atoms with Crippen LogP contribution in [0.5, 0.6) is 5.75 Å². The molecule has 2 saturated heterocycles. The Balaban J connectivity index is 1.55. The number of nitrogens with one attached hydrogen (secondary N) is 2. The highest BCUT2D eigenvalue weighted by atomic mass is 32.2. The van der Waals surface area contributed by atoms with Crippen LogP contribution >= 0.6 is 0 Å². The molecule has 2 fully saturated rings. The lowest BCUT2D eigenvalue weighted by Gasteiger charge is -2.27. The van der Waals surface area contributed by atoms with Crippen LogP contribution in [0.15, 0.2) is 47.4 Å². The van der Waals surface area contributed by atoms with E-state index in [4.69, 9.17) is 9.47 Å². The van der Waals surface area contributed by atoms with Crippen molar-refractivity contribution in [3.8, 4) is 5.75 Å². The molecule has 0 saturated carbocycles. The molecule has 2 N–H and O–H groups in total. The van der Waals surface area contributed by atoms with Crippen LogP contribution in [0.3, 0.4) is 0 Å². The minimum absolute atomic E-state index is 0.0297. The molecule has 9 nitrogen and oxygen atoms in total. The molecule has 2 heterocycles. The summed E-state index contributed by atoms with van der Waals surface area (Å²) >= 11 is 0. The maximum Gasteiger partial charge on any atom is 0.261 e. The Morgan fingerprint density at radius 3 is 2.54 bits per heavy atom. The maximum atomic E-state index is 13.3. The molecule has 188 valence electrons. The average molecular weight is 502 g/mol. The van der Waals surface area contributed by atoms with Gasteiger partial charge >= 0.3 is 0 Å². The molecule has 0 spiro atoms. The molecule has 0 aromatic heterocycles.